The van der Waals surface area contributed by atoms with Gasteiger partial charge in [-0.1, -0.05) is 42.1 Å². The molecule has 0 N–H and O–H groups in total. The summed E-state index contributed by atoms with van der Waals surface area (Å²) in [6.07, 6.45) is 4.49. The Hall–Kier alpha value is -1.28. The van der Waals surface area contributed by atoms with Gasteiger partial charge in [-0.3, -0.25) is 0 Å². The SMILES string of the molecule is C[n+]1ccccc1SCCCc1ccccc1. The fraction of sp³-hybridized carbons (Fsp3) is 0.267. The highest BCUT2D eigenvalue weighted by atomic mass is 32.2. The molecule has 17 heavy (non-hydrogen) atoms. The first-order valence-corrected chi connectivity index (χ1v) is 6.96. The van der Waals surface area contributed by atoms with Gasteiger partial charge in [-0.2, -0.15) is 4.57 Å². The number of hydrogen-bond acceptors (Lipinski definition) is 1. The predicted molar refractivity (Wildman–Crippen MR) is 73.1 cm³/mol. The van der Waals surface area contributed by atoms with Gasteiger partial charge in [-0.05, 0) is 24.5 Å². The largest absolute Gasteiger partial charge is 0.239 e. The third-order valence-corrected chi connectivity index (χ3v) is 3.92. The molecule has 0 radical (unpaired) electrons. The Morgan fingerprint density at radius 2 is 1.76 bits per heavy atom. The van der Waals surface area contributed by atoms with Crippen molar-refractivity contribution in [2.24, 2.45) is 7.05 Å². The van der Waals surface area contributed by atoms with E-state index in [1.165, 1.54) is 29.2 Å². The summed E-state index contributed by atoms with van der Waals surface area (Å²) in [5.41, 5.74) is 1.44. The number of thioether (sulfide) groups is 1. The summed E-state index contributed by atoms with van der Waals surface area (Å²) in [4.78, 5) is 0. The lowest BCUT2D eigenvalue weighted by molar-refractivity contribution is -0.708. The third kappa shape index (κ3) is 3.90. The van der Waals surface area contributed by atoms with Crippen LogP contribution in [-0.2, 0) is 13.5 Å². The van der Waals surface area contributed by atoms with Gasteiger partial charge in [-0.15, -0.1) is 0 Å². The number of nitrogens with zero attached hydrogens (tertiary/aromatic N) is 1. The minimum atomic E-state index is 1.17. The maximum absolute atomic E-state index is 2.20. The molecule has 0 bridgehead atoms. The molecule has 1 aromatic heterocycles. The average molecular weight is 244 g/mol. The normalized spacial score (nSPS) is 10.4. The van der Waals surface area contributed by atoms with E-state index in [-0.39, 0.29) is 0 Å². The second-order valence-electron chi connectivity index (χ2n) is 4.09. The van der Waals surface area contributed by atoms with Crippen LogP contribution in [0.5, 0.6) is 0 Å². The fourth-order valence-corrected chi connectivity index (χ4v) is 2.69. The Balaban J connectivity index is 1.76. The van der Waals surface area contributed by atoms with Gasteiger partial charge in [0.05, 0.1) is 0 Å². The summed E-state index contributed by atoms with van der Waals surface area (Å²) < 4.78 is 2.17. The zero-order valence-corrected chi connectivity index (χ0v) is 11.0. The summed E-state index contributed by atoms with van der Waals surface area (Å²) in [7, 11) is 2.10. The molecule has 0 spiro atoms. The van der Waals surface area contributed by atoms with E-state index in [2.05, 4.69) is 66.3 Å². The van der Waals surface area contributed by atoms with E-state index in [4.69, 9.17) is 0 Å². The molecule has 2 heteroatoms. The van der Waals surface area contributed by atoms with Crippen LogP contribution in [-0.4, -0.2) is 5.75 Å². The molecule has 88 valence electrons. The Morgan fingerprint density at radius 3 is 2.53 bits per heavy atom. The van der Waals surface area contributed by atoms with Gasteiger partial charge in [0.2, 0.25) is 5.03 Å². The second kappa shape index (κ2) is 6.45. The Bertz CT molecular complexity index is 453. The molecule has 1 nitrogen and oxygen atoms in total. The van der Waals surface area contributed by atoms with Crippen LogP contribution in [0.3, 0.4) is 0 Å². The van der Waals surface area contributed by atoms with Crippen LogP contribution in [0.2, 0.25) is 0 Å². The molecule has 0 unspecified atom stereocenters. The summed E-state index contributed by atoms with van der Waals surface area (Å²) in [6, 6.07) is 17.0. The van der Waals surface area contributed by atoms with Crippen molar-refractivity contribution in [3.05, 3.63) is 60.3 Å². The fourth-order valence-electron chi connectivity index (χ4n) is 1.76. The van der Waals surface area contributed by atoms with Crippen molar-refractivity contribution in [3.8, 4) is 0 Å². The van der Waals surface area contributed by atoms with E-state index in [9.17, 15) is 0 Å². The van der Waals surface area contributed by atoms with Gasteiger partial charge >= 0.3 is 0 Å². The maximum atomic E-state index is 2.20. The van der Waals surface area contributed by atoms with Crippen molar-refractivity contribution in [2.45, 2.75) is 17.9 Å². The average Bonchev–Trinajstić information content (AvgIpc) is 2.38. The monoisotopic (exact) mass is 244 g/mol. The van der Waals surface area contributed by atoms with E-state index in [1.54, 1.807) is 0 Å². The quantitative estimate of drug-likeness (QED) is 0.444. The van der Waals surface area contributed by atoms with E-state index >= 15 is 0 Å². The van der Waals surface area contributed by atoms with Crippen LogP contribution in [0, 0.1) is 0 Å². The minimum Gasteiger partial charge on any atom is -0.196 e. The van der Waals surface area contributed by atoms with Gasteiger partial charge in [0.1, 0.15) is 7.05 Å². The van der Waals surface area contributed by atoms with E-state index in [0.29, 0.717) is 0 Å². The molecule has 0 aliphatic carbocycles. The van der Waals surface area contributed by atoms with Crippen LogP contribution in [0.4, 0.5) is 0 Å². The highest BCUT2D eigenvalue weighted by molar-refractivity contribution is 7.99. The summed E-state index contributed by atoms with van der Waals surface area (Å²) in [5.74, 6) is 1.17. The predicted octanol–water partition coefficient (Wildman–Crippen LogP) is 3.24. The Morgan fingerprint density at radius 1 is 1.00 bits per heavy atom. The van der Waals surface area contributed by atoms with Crippen LogP contribution >= 0.6 is 11.8 Å². The van der Waals surface area contributed by atoms with E-state index in [1.807, 2.05) is 11.8 Å². The lowest BCUT2D eigenvalue weighted by atomic mass is 10.1. The summed E-state index contributed by atoms with van der Waals surface area (Å²) in [5, 5.41) is 1.33. The van der Waals surface area contributed by atoms with Crippen molar-refractivity contribution in [2.75, 3.05) is 5.75 Å². The second-order valence-corrected chi connectivity index (χ2v) is 5.20. The first-order valence-electron chi connectivity index (χ1n) is 5.97. The zero-order valence-electron chi connectivity index (χ0n) is 10.2. The minimum absolute atomic E-state index is 1.17. The highest BCUT2D eigenvalue weighted by Crippen LogP contribution is 2.15. The van der Waals surface area contributed by atoms with Crippen molar-refractivity contribution in [3.63, 3.8) is 0 Å². The molecule has 0 saturated carbocycles. The molecule has 1 heterocycles. The van der Waals surface area contributed by atoms with Crippen molar-refractivity contribution >= 4 is 11.8 Å². The lowest BCUT2D eigenvalue weighted by Gasteiger charge is -2.01. The third-order valence-electron chi connectivity index (χ3n) is 2.71. The molecule has 2 rings (SSSR count). The van der Waals surface area contributed by atoms with Gasteiger partial charge < -0.3 is 0 Å². The molecule has 0 aliphatic rings. The number of benzene rings is 1. The van der Waals surface area contributed by atoms with Crippen molar-refractivity contribution < 1.29 is 4.57 Å². The first-order chi connectivity index (χ1) is 8.36. The van der Waals surface area contributed by atoms with Crippen LogP contribution in [0.25, 0.3) is 0 Å². The van der Waals surface area contributed by atoms with Gasteiger partial charge in [-0.25, -0.2) is 0 Å². The molecular formula is C15H18NS+. The molecule has 0 aliphatic heterocycles. The lowest BCUT2D eigenvalue weighted by Crippen LogP contribution is -2.29. The standard InChI is InChI=1S/C15H18NS/c1-16-12-6-5-11-15(16)17-13-7-10-14-8-3-2-4-9-14/h2-6,8-9,11-12H,7,10,13H2,1H3/q+1. The number of aromatic nitrogens is 1. The number of rotatable bonds is 5. The highest BCUT2D eigenvalue weighted by Gasteiger charge is 2.04. The maximum Gasteiger partial charge on any atom is 0.239 e. The summed E-state index contributed by atoms with van der Waals surface area (Å²) in [6.45, 7) is 0. The molecule has 2 aromatic rings. The Labute approximate surface area is 108 Å². The molecular weight excluding hydrogens is 226 g/mol. The smallest absolute Gasteiger partial charge is 0.196 e. The number of aryl methyl sites for hydroxylation is 2. The van der Waals surface area contributed by atoms with Crippen molar-refractivity contribution in [1.82, 2.24) is 0 Å². The first kappa shape index (κ1) is 12.2. The van der Waals surface area contributed by atoms with Crippen molar-refractivity contribution in [1.29, 1.82) is 0 Å². The van der Waals surface area contributed by atoms with E-state index in [0.717, 1.165) is 0 Å². The molecule has 0 atom stereocenters. The van der Waals surface area contributed by atoms with Gasteiger partial charge in [0.25, 0.3) is 0 Å². The molecule has 1 aromatic carbocycles. The molecule has 0 saturated heterocycles. The van der Waals surface area contributed by atoms with Crippen LogP contribution < -0.4 is 4.57 Å². The molecule has 0 amide bonds. The van der Waals surface area contributed by atoms with Gasteiger partial charge in [0.15, 0.2) is 6.20 Å². The van der Waals surface area contributed by atoms with Crippen LogP contribution in [0.15, 0.2) is 59.8 Å². The van der Waals surface area contributed by atoms with Crippen LogP contribution in [0.1, 0.15) is 12.0 Å². The summed E-state index contributed by atoms with van der Waals surface area (Å²) >= 11 is 1.93. The van der Waals surface area contributed by atoms with Gasteiger partial charge in [0, 0.05) is 17.9 Å². The van der Waals surface area contributed by atoms with E-state index < -0.39 is 0 Å². The topological polar surface area (TPSA) is 3.88 Å². The Kier molecular flexibility index (Phi) is 4.63. The molecule has 0 fully saturated rings. The number of hydrogen-bond donors (Lipinski definition) is 0. The number of pyridine rings is 1. The zero-order chi connectivity index (χ0) is 11.9.